The van der Waals surface area contributed by atoms with Crippen molar-refractivity contribution in [3.05, 3.63) is 124 Å². The van der Waals surface area contributed by atoms with Crippen LogP contribution in [0.25, 0.3) is 0 Å². The quantitative estimate of drug-likeness (QED) is 0.205. The zero-order chi connectivity index (χ0) is 24.1. The third-order valence-electron chi connectivity index (χ3n) is 5.42. The van der Waals surface area contributed by atoms with Crippen molar-refractivity contribution in [1.82, 2.24) is 0 Å². The Hall–Kier alpha value is -3.70. The Labute approximate surface area is 208 Å². The fourth-order valence-corrected chi connectivity index (χ4v) is 3.74. The Morgan fingerprint density at radius 2 is 1.26 bits per heavy atom. The monoisotopic (exact) mass is 512 g/mol. The Kier molecular flexibility index (Phi) is 7.24. The van der Waals surface area contributed by atoms with Crippen LogP contribution in [0, 0.1) is 13.8 Å². The number of hydrogen-bond donors (Lipinski definition) is 0. The molecule has 34 heavy (non-hydrogen) atoms. The Bertz CT molecular complexity index is 1290. The molecular formula is C29H25BrN2O2. The Balaban J connectivity index is 1.92. The Morgan fingerprint density at radius 1 is 0.735 bits per heavy atom. The van der Waals surface area contributed by atoms with Gasteiger partial charge in [0.2, 0.25) is 0 Å². The third kappa shape index (κ3) is 5.43. The number of ether oxygens (including phenoxy) is 1. The van der Waals surface area contributed by atoms with Gasteiger partial charge in [-0.1, -0.05) is 51.3 Å². The van der Waals surface area contributed by atoms with Gasteiger partial charge in [-0.05, 0) is 86.6 Å². The van der Waals surface area contributed by atoms with E-state index in [1.54, 1.807) is 12.0 Å². The first-order valence-electron chi connectivity index (χ1n) is 10.9. The maximum atomic E-state index is 13.9. The number of halogens is 1. The highest BCUT2D eigenvalue weighted by molar-refractivity contribution is 9.10. The van der Waals surface area contributed by atoms with Crippen molar-refractivity contribution in [1.29, 1.82) is 0 Å². The molecule has 0 aliphatic rings. The van der Waals surface area contributed by atoms with Gasteiger partial charge in [0.1, 0.15) is 11.6 Å². The van der Waals surface area contributed by atoms with Gasteiger partial charge in [0.15, 0.2) is 0 Å². The van der Waals surface area contributed by atoms with E-state index in [9.17, 15) is 4.79 Å². The molecule has 0 N–H and O–H groups in total. The van der Waals surface area contributed by atoms with Gasteiger partial charge in [0, 0.05) is 15.6 Å². The van der Waals surface area contributed by atoms with Gasteiger partial charge in [-0.15, -0.1) is 0 Å². The summed E-state index contributed by atoms with van der Waals surface area (Å²) in [6.07, 6.45) is 0. The number of nitrogens with zero attached hydrogens (tertiary/aromatic N) is 2. The van der Waals surface area contributed by atoms with Crippen molar-refractivity contribution < 1.29 is 9.53 Å². The first-order valence-corrected chi connectivity index (χ1v) is 11.7. The summed E-state index contributed by atoms with van der Waals surface area (Å²) < 4.78 is 6.25. The zero-order valence-corrected chi connectivity index (χ0v) is 20.9. The molecule has 0 fully saturated rings. The molecular weight excluding hydrogens is 488 g/mol. The van der Waals surface area contributed by atoms with Crippen LogP contribution in [0.5, 0.6) is 5.75 Å². The van der Waals surface area contributed by atoms with Gasteiger partial charge >= 0.3 is 0 Å². The minimum Gasteiger partial charge on any atom is -0.497 e. The number of aryl methyl sites for hydroxylation is 2. The molecule has 4 aromatic carbocycles. The average Bonchev–Trinajstić information content (AvgIpc) is 2.86. The Morgan fingerprint density at radius 3 is 1.82 bits per heavy atom. The number of anilines is 1. The highest BCUT2D eigenvalue weighted by Gasteiger charge is 2.25. The number of carbonyl (C=O) groups excluding carboxylic acids is 1. The molecule has 4 aromatic rings. The lowest BCUT2D eigenvalue weighted by molar-refractivity contribution is 0.100. The second-order valence-electron chi connectivity index (χ2n) is 7.98. The van der Waals surface area contributed by atoms with Crippen LogP contribution in [0.1, 0.15) is 27.0 Å². The zero-order valence-electron chi connectivity index (χ0n) is 19.3. The predicted molar refractivity (Wildman–Crippen MR) is 143 cm³/mol. The summed E-state index contributed by atoms with van der Waals surface area (Å²) in [7, 11) is 1.63. The highest BCUT2D eigenvalue weighted by atomic mass is 79.9. The first kappa shape index (κ1) is 23.5. The molecule has 4 nitrogen and oxygen atoms in total. The smallest absolute Gasteiger partial charge is 0.264 e. The van der Waals surface area contributed by atoms with E-state index in [0.29, 0.717) is 11.4 Å². The number of benzene rings is 4. The number of rotatable bonds is 5. The van der Waals surface area contributed by atoms with Crippen molar-refractivity contribution in [3.8, 4) is 5.75 Å². The van der Waals surface area contributed by atoms with Crippen LogP contribution in [0.2, 0.25) is 0 Å². The summed E-state index contributed by atoms with van der Waals surface area (Å²) in [6.45, 7) is 4.06. The minimum absolute atomic E-state index is 0.168. The van der Waals surface area contributed by atoms with Crippen LogP contribution < -0.4 is 9.64 Å². The van der Waals surface area contributed by atoms with Crippen molar-refractivity contribution in [2.75, 3.05) is 12.0 Å². The van der Waals surface area contributed by atoms with Crippen LogP contribution in [0.4, 0.5) is 11.4 Å². The summed E-state index contributed by atoms with van der Waals surface area (Å²) in [6, 6.07) is 30.7. The highest BCUT2D eigenvalue weighted by Crippen LogP contribution is 2.26. The molecule has 0 aliphatic heterocycles. The lowest BCUT2D eigenvalue weighted by atomic mass is 10.1. The van der Waals surface area contributed by atoms with E-state index >= 15 is 0 Å². The third-order valence-corrected chi connectivity index (χ3v) is 5.94. The van der Waals surface area contributed by atoms with Gasteiger partial charge in [0.05, 0.1) is 18.5 Å². The van der Waals surface area contributed by atoms with E-state index in [4.69, 9.17) is 9.73 Å². The fourth-order valence-electron chi connectivity index (χ4n) is 3.48. The first-order chi connectivity index (χ1) is 16.4. The molecule has 5 heteroatoms. The lowest BCUT2D eigenvalue weighted by Crippen LogP contribution is -2.37. The van der Waals surface area contributed by atoms with Crippen LogP contribution in [-0.2, 0) is 0 Å². The van der Waals surface area contributed by atoms with Gasteiger partial charge in [-0.25, -0.2) is 4.99 Å². The van der Waals surface area contributed by atoms with E-state index in [2.05, 4.69) is 15.9 Å². The number of amidine groups is 1. The van der Waals surface area contributed by atoms with E-state index in [1.807, 2.05) is 111 Å². The summed E-state index contributed by atoms with van der Waals surface area (Å²) in [5, 5.41) is 0. The average molecular weight is 513 g/mol. The SMILES string of the molecule is COc1ccc(C(=Nc2ccc(C)cc2)N(C(=O)c2ccc(Br)cc2)c2ccc(C)cc2)cc1. The van der Waals surface area contributed by atoms with E-state index < -0.39 is 0 Å². The number of hydrogen-bond acceptors (Lipinski definition) is 3. The molecule has 0 aliphatic carbocycles. The molecule has 0 spiro atoms. The minimum atomic E-state index is -0.168. The molecule has 1 amide bonds. The van der Waals surface area contributed by atoms with Crippen molar-refractivity contribution in [3.63, 3.8) is 0 Å². The van der Waals surface area contributed by atoms with Crippen LogP contribution >= 0.6 is 15.9 Å². The maximum absolute atomic E-state index is 13.9. The van der Waals surface area contributed by atoms with Crippen molar-refractivity contribution in [2.45, 2.75) is 13.8 Å². The molecule has 0 radical (unpaired) electrons. The largest absolute Gasteiger partial charge is 0.497 e. The second kappa shape index (κ2) is 10.5. The number of amides is 1. The van der Waals surface area contributed by atoms with E-state index in [-0.39, 0.29) is 5.91 Å². The number of methoxy groups -OCH3 is 1. The lowest BCUT2D eigenvalue weighted by Gasteiger charge is -2.25. The molecule has 0 saturated carbocycles. The summed E-state index contributed by atoms with van der Waals surface area (Å²) in [4.78, 5) is 20.6. The normalized spacial score (nSPS) is 11.2. The molecule has 170 valence electrons. The molecule has 0 atom stereocenters. The van der Waals surface area contributed by atoms with E-state index in [0.717, 1.165) is 38.3 Å². The second-order valence-corrected chi connectivity index (χ2v) is 8.90. The van der Waals surface area contributed by atoms with Crippen molar-refractivity contribution >= 4 is 39.0 Å². The molecule has 0 bridgehead atoms. The topological polar surface area (TPSA) is 41.9 Å². The predicted octanol–water partition coefficient (Wildman–Crippen LogP) is 7.50. The van der Waals surface area contributed by atoms with Gasteiger partial charge in [-0.2, -0.15) is 0 Å². The van der Waals surface area contributed by atoms with Gasteiger partial charge in [-0.3, -0.25) is 9.69 Å². The summed E-state index contributed by atoms with van der Waals surface area (Å²) >= 11 is 3.45. The number of carbonyl (C=O) groups is 1. The van der Waals surface area contributed by atoms with Gasteiger partial charge in [0.25, 0.3) is 5.91 Å². The van der Waals surface area contributed by atoms with Gasteiger partial charge < -0.3 is 4.74 Å². The standard InChI is InChI=1S/C29H25BrN2O2/c1-20-4-14-25(15-5-20)31-28(22-10-18-27(34-3)19-11-22)32(26-16-6-21(2)7-17-26)29(33)23-8-12-24(30)13-9-23/h4-19H,1-3H3. The molecule has 0 heterocycles. The van der Waals surface area contributed by atoms with E-state index in [1.165, 1.54) is 0 Å². The van der Waals surface area contributed by atoms with Crippen LogP contribution in [-0.4, -0.2) is 18.9 Å². The fraction of sp³-hybridized carbons (Fsp3) is 0.103. The molecule has 0 saturated heterocycles. The van der Waals surface area contributed by atoms with Crippen LogP contribution in [0.15, 0.2) is 107 Å². The summed E-state index contributed by atoms with van der Waals surface area (Å²) in [5.41, 5.74) is 5.12. The van der Waals surface area contributed by atoms with Crippen LogP contribution in [0.3, 0.4) is 0 Å². The molecule has 0 unspecified atom stereocenters. The summed E-state index contributed by atoms with van der Waals surface area (Å²) in [5.74, 6) is 1.10. The number of aliphatic imine (C=N–C) groups is 1. The molecule has 0 aromatic heterocycles. The van der Waals surface area contributed by atoms with Crippen molar-refractivity contribution in [2.24, 2.45) is 4.99 Å². The molecule has 4 rings (SSSR count). The maximum Gasteiger partial charge on any atom is 0.264 e.